The van der Waals surface area contributed by atoms with Crippen molar-refractivity contribution in [1.82, 2.24) is 4.90 Å². The van der Waals surface area contributed by atoms with E-state index in [9.17, 15) is 4.79 Å². The van der Waals surface area contributed by atoms with Crippen molar-refractivity contribution < 1.29 is 9.53 Å². The number of allylic oxidation sites excluding steroid dienone is 3. The van der Waals surface area contributed by atoms with E-state index in [4.69, 9.17) is 4.74 Å². The summed E-state index contributed by atoms with van der Waals surface area (Å²) in [5.41, 5.74) is 0. The van der Waals surface area contributed by atoms with Crippen LogP contribution in [0, 0.1) is 0 Å². The molecule has 0 heterocycles. The second-order valence-electron chi connectivity index (χ2n) is 4.35. The van der Waals surface area contributed by atoms with E-state index in [1.807, 2.05) is 24.0 Å². The van der Waals surface area contributed by atoms with Gasteiger partial charge in [0, 0.05) is 25.8 Å². The van der Waals surface area contributed by atoms with Gasteiger partial charge in [0.15, 0.2) is 0 Å². The zero-order valence-electron chi connectivity index (χ0n) is 10.9. The monoisotopic (exact) mass is 237 g/mol. The molecule has 1 aliphatic rings. The largest absolute Gasteiger partial charge is 0.383 e. The molecular formula is C14H23NO2. The minimum atomic E-state index is 0.104. The van der Waals surface area contributed by atoms with Gasteiger partial charge >= 0.3 is 0 Å². The van der Waals surface area contributed by atoms with E-state index in [-0.39, 0.29) is 5.91 Å². The predicted molar refractivity (Wildman–Crippen MR) is 69.8 cm³/mol. The second kappa shape index (κ2) is 8.07. The van der Waals surface area contributed by atoms with Crippen LogP contribution in [-0.4, -0.2) is 37.1 Å². The van der Waals surface area contributed by atoms with E-state index < -0.39 is 0 Å². The van der Waals surface area contributed by atoms with Crippen molar-refractivity contribution in [1.29, 1.82) is 0 Å². The van der Waals surface area contributed by atoms with E-state index in [0.717, 1.165) is 12.8 Å². The number of hydrogen-bond donors (Lipinski definition) is 0. The van der Waals surface area contributed by atoms with E-state index in [1.165, 1.54) is 12.8 Å². The maximum absolute atomic E-state index is 12.1. The third-order valence-corrected chi connectivity index (χ3v) is 3.13. The summed E-state index contributed by atoms with van der Waals surface area (Å²) in [5, 5.41) is 0. The third-order valence-electron chi connectivity index (χ3n) is 3.13. The van der Waals surface area contributed by atoms with Crippen molar-refractivity contribution in [3.63, 3.8) is 0 Å². The SMILES string of the molecule is C/C=C/C=C\C(=O)N(CCOC)C1CCCC1. The number of ether oxygens (including phenoxy) is 1. The molecule has 1 rings (SSSR count). The first-order chi connectivity index (χ1) is 8.29. The summed E-state index contributed by atoms with van der Waals surface area (Å²) in [4.78, 5) is 14.0. The molecule has 1 amide bonds. The van der Waals surface area contributed by atoms with E-state index in [1.54, 1.807) is 19.3 Å². The standard InChI is InChI=1S/C14H23NO2/c1-3-4-5-10-14(16)15(11-12-17-2)13-8-6-7-9-13/h3-5,10,13H,6-9,11-12H2,1-2H3/b4-3+,10-5-. The molecule has 3 nitrogen and oxygen atoms in total. The van der Waals surface area contributed by atoms with Crippen LogP contribution >= 0.6 is 0 Å². The van der Waals surface area contributed by atoms with E-state index in [2.05, 4.69) is 0 Å². The van der Waals surface area contributed by atoms with E-state index in [0.29, 0.717) is 19.2 Å². The quantitative estimate of drug-likeness (QED) is 0.525. The molecule has 3 heteroatoms. The van der Waals surface area contributed by atoms with Gasteiger partial charge in [-0.1, -0.05) is 31.1 Å². The van der Waals surface area contributed by atoms with Crippen LogP contribution in [0.1, 0.15) is 32.6 Å². The van der Waals surface area contributed by atoms with Crippen LogP contribution in [-0.2, 0) is 9.53 Å². The Hall–Kier alpha value is -1.09. The normalized spacial score (nSPS) is 17.3. The number of nitrogens with zero attached hydrogens (tertiary/aromatic N) is 1. The highest BCUT2D eigenvalue weighted by molar-refractivity contribution is 5.88. The molecule has 0 aromatic rings. The van der Waals surface area contributed by atoms with Gasteiger partial charge in [-0.2, -0.15) is 0 Å². The lowest BCUT2D eigenvalue weighted by atomic mass is 10.2. The van der Waals surface area contributed by atoms with Gasteiger partial charge < -0.3 is 9.64 Å². The van der Waals surface area contributed by atoms with Crippen molar-refractivity contribution in [2.75, 3.05) is 20.3 Å². The third kappa shape index (κ3) is 4.73. The average molecular weight is 237 g/mol. The second-order valence-corrected chi connectivity index (χ2v) is 4.35. The van der Waals surface area contributed by atoms with Crippen molar-refractivity contribution in [2.24, 2.45) is 0 Å². The minimum Gasteiger partial charge on any atom is -0.383 e. The van der Waals surface area contributed by atoms with Crippen LogP contribution in [0.3, 0.4) is 0 Å². The topological polar surface area (TPSA) is 29.5 Å². The molecule has 0 aromatic heterocycles. The molecule has 1 fully saturated rings. The first-order valence-corrected chi connectivity index (χ1v) is 6.38. The number of rotatable bonds is 6. The number of hydrogen-bond acceptors (Lipinski definition) is 2. The lowest BCUT2D eigenvalue weighted by molar-refractivity contribution is -0.128. The van der Waals surface area contributed by atoms with Gasteiger partial charge in [-0.15, -0.1) is 0 Å². The van der Waals surface area contributed by atoms with Crippen LogP contribution in [0.4, 0.5) is 0 Å². The summed E-state index contributed by atoms with van der Waals surface area (Å²) >= 11 is 0. The Labute approximate surface area is 104 Å². The van der Waals surface area contributed by atoms with Gasteiger partial charge in [0.2, 0.25) is 5.91 Å². The molecule has 0 aliphatic heterocycles. The molecule has 0 atom stereocenters. The Kier molecular flexibility index (Phi) is 6.63. The summed E-state index contributed by atoms with van der Waals surface area (Å²) in [7, 11) is 1.67. The highest BCUT2D eigenvalue weighted by Gasteiger charge is 2.24. The van der Waals surface area contributed by atoms with Crippen LogP contribution in [0.15, 0.2) is 24.3 Å². The molecular weight excluding hydrogens is 214 g/mol. The molecule has 1 saturated carbocycles. The Balaban J connectivity index is 2.57. The fourth-order valence-electron chi connectivity index (χ4n) is 2.22. The molecule has 0 radical (unpaired) electrons. The van der Waals surface area contributed by atoms with Crippen LogP contribution < -0.4 is 0 Å². The highest BCUT2D eigenvalue weighted by Crippen LogP contribution is 2.23. The summed E-state index contributed by atoms with van der Waals surface area (Å²) in [6.07, 6.45) is 12.0. The Bertz CT molecular complexity index is 278. The Morgan fingerprint density at radius 2 is 2.06 bits per heavy atom. The summed E-state index contributed by atoms with van der Waals surface area (Å²) < 4.78 is 5.08. The summed E-state index contributed by atoms with van der Waals surface area (Å²) in [6.45, 7) is 3.24. The van der Waals surface area contributed by atoms with E-state index >= 15 is 0 Å². The lowest BCUT2D eigenvalue weighted by Gasteiger charge is -2.27. The van der Waals surface area contributed by atoms with Crippen molar-refractivity contribution in [2.45, 2.75) is 38.6 Å². The Morgan fingerprint density at radius 3 is 2.65 bits per heavy atom. The number of methoxy groups -OCH3 is 1. The molecule has 17 heavy (non-hydrogen) atoms. The zero-order valence-corrected chi connectivity index (χ0v) is 10.9. The first-order valence-electron chi connectivity index (χ1n) is 6.38. The molecule has 0 aromatic carbocycles. The fraction of sp³-hybridized carbons (Fsp3) is 0.643. The van der Waals surface area contributed by atoms with Gasteiger partial charge in [0.25, 0.3) is 0 Å². The van der Waals surface area contributed by atoms with Crippen molar-refractivity contribution in [3.8, 4) is 0 Å². The summed E-state index contributed by atoms with van der Waals surface area (Å²) in [6, 6.07) is 0.410. The van der Waals surface area contributed by atoms with Crippen LogP contribution in [0.2, 0.25) is 0 Å². The van der Waals surface area contributed by atoms with Gasteiger partial charge in [-0.25, -0.2) is 0 Å². The number of amides is 1. The van der Waals surface area contributed by atoms with Gasteiger partial charge in [-0.3, -0.25) is 4.79 Å². The molecule has 0 saturated heterocycles. The smallest absolute Gasteiger partial charge is 0.246 e. The molecule has 0 unspecified atom stereocenters. The Morgan fingerprint density at radius 1 is 1.35 bits per heavy atom. The van der Waals surface area contributed by atoms with Crippen LogP contribution in [0.5, 0.6) is 0 Å². The summed E-state index contributed by atoms with van der Waals surface area (Å²) in [5.74, 6) is 0.104. The van der Waals surface area contributed by atoms with Crippen molar-refractivity contribution >= 4 is 5.91 Å². The molecule has 0 spiro atoms. The zero-order chi connectivity index (χ0) is 12.5. The molecule has 0 N–H and O–H groups in total. The maximum Gasteiger partial charge on any atom is 0.246 e. The lowest BCUT2D eigenvalue weighted by Crippen LogP contribution is -2.40. The van der Waals surface area contributed by atoms with Gasteiger partial charge in [-0.05, 0) is 19.8 Å². The highest BCUT2D eigenvalue weighted by atomic mass is 16.5. The molecule has 1 aliphatic carbocycles. The molecule has 96 valence electrons. The fourth-order valence-corrected chi connectivity index (χ4v) is 2.22. The van der Waals surface area contributed by atoms with Gasteiger partial charge in [0.05, 0.1) is 6.61 Å². The number of carbonyl (C=O) groups is 1. The maximum atomic E-state index is 12.1. The minimum absolute atomic E-state index is 0.104. The van der Waals surface area contributed by atoms with Crippen molar-refractivity contribution in [3.05, 3.63) is 24.3 Å². The van der Waals surface area contributed by atoms with Gasteiger partial charge in [0.1, 0.15) is 0 Å². The van der Waals surface area contributed by atoms with Crippen LogP contribution in [0.25, 0.3) is 0 Å². The first kappa shape index (κ1) is 14.0. The molecule has 0 bridgehead atoms. The predicted octanol–water partition coefficient (Wildman–Crippen LogP) is 2.54. The number of carbonyl (C=O) groups excluding carboxylic acids is 1. The average Bonchev–Trinajstić information content (AvgIpc) is 2.83.